The molecule has 0 aliphatic carbocycles. The summed E-state index contributed by atoms with van der Waals surface area (Å²) in [5.74, 6) is 0.0201. The van der Waals surface area contributed by atoms with Gasteiger partial charge in [-0.25, -0.2) is 0 Å². The van der Waals surface area contributed by atoms with Gasteiger partial charge in [-0.15, -0.1) is 22.7 Å². The molecule has 5 heteroatoms. The first-order chi connectivity index (χ1) is 7.66. The van der Waals surface area contributed by atoms with E-state index in [9.17, 15) is 4.79 Å². The van der Waals surface area contributed by atoms with Crippen molar-refractivity contribution in [3.63, 3.8) is 0 Å². The van der Waals surface area contributed by atoms with Crippen molar-refractivity contribution in [3.05, 3.63) is 33.3 Å². The van der Waals surface area contributed by atoms with E-state index in [0.717, 1.165) is 11.5 Å². The minimum atomic E-state index is 0.0201. The van der Waals surface area contributed by atoms with Gasteiger partial charge in [-0.05, 0) is 17.5 Å². The van der Waals surface area contributed by atoms with Crippen molar-refractivity contribution in [2.75, 3.05) is 11.1 Å². The molecule has 16 heavy (non-hydrogen) atoms. The number of ketones is 1. The second-order valence-corrected chi connectivity index (χ2v) is 5.47. The van der Waals surface area contributed by atoms with Gasteiger partial charge in [0.05, 0.1) is 22.1 Å². The maximum atomic E-state index is 11.2. The molecule has 0 unspecified atom stereocenters. The summed E-state index contributed by atoms with van der Waals surface area (Å²) in [7, 11) is 0. The van der Waals surface area contributed by atoms with Crippen LogP contribution in [0.2, 0.25) is 0 Å². The van der Waals surface area contributed by atoms with E-state index in [0.29, 0.717) is 10.6 Å². The summed E-state index contributed by atoms with van der Waals surface area (Å²) in [5, 5.41) is 6.24. The molecule has 2 rings (SSSR count). The lowest BCUT2D eigenvalue weighted by Gasteiger charge is -1.99. The SMILES string of the molecule is CC(=O)c1sc(NCc2cccs2)cc1N. The second-order valence-electron chi connectivity index (χ2n) is 3.38. The van der Waals surface area contributed by atoms with Gasteiger partial charge in [-0.1, -0.05) is 6.07 Å². The monoisotopic (exact) mass is 252 g/mol. The molecule has 0 aliphatic rings. The van der Waals surface area contributed by atoms with Crippen molar-refractivity contribution in [2.24, 2.45) is 0 Å². The van der Waals surface area contributed by atoms with Gasteiger partial charge in [0.15, 0.2) is 5.78 Å². The van der Waals surface area contributed by atoms with Crippen LogP contribution in [0.15, 0.2) is 23.6 Å². The van der Waals surface area contributed by atoms with E-state index in [1.807, 2.05) is 17.5 Å². The number of hydrogen-bond donors (Lipinski definition) is 2. The van der Waals surface area contributed by atoms with Crippen molar-refractivity contribution in [3.8, 4) is 0 Å². The van der Waals surface area contributed by atoms with Crippen LogP contribution in [0.1, 0.15) is 21.5 Å². The summed E-state index contributed by atoms with van der Waals surface area (Å²) in [4.78, 5) is 13.1. The first-order valence-corrected chi connectivity index (χ1v) is 6.53. The van der Waals surface area contributed by atoms with Crippen molar-refractivity contribution in [2.45, 2.75) is 13.5 Å². The van der Waals surface area contributed by atoms with E-state index < -0.39 is 0 Å². The fourth-order valence-corrected chi connectivity index (χ4v) is 2.87. The van der Waals surface area contributed by atoms with Crippen LogP contribution in [-0.4, -0.2) is 5.78 Å². The number of Topliss-reactive ketones (excluding diaryl/α,β-unsaturated/α-hetero) is 1. The minimum Gasteiger partial charge on any atom is -0.397 e. The molecule has 0 saturated heterocycles. The number of anilines is 2. The van der Waals surface area contributed by atoms with Crippen molar-refractivity contribution < 1.29 is 4.79 Å². The average molecular weight is 252 g/mol. The molecule has 2 aromatic rings. The zero-order chi connectivity index (χ0) is 11.5. The summed E-state index contributed by atoms with van der Waals surface area (Å²) in [6.45, 7) is 2.31. The van der Waals surface area contributed by atoms with E-state index in [1.54, 1.807) is 11.3 Å². The van der Waals surface area contributed by atoms with Gasteiger partial charge in [0.25, 0.3) is 0 Å². The van der Waals surface area contributed by atoms with E-state index in [-0.39, 0.29) is 5.78 Å². The van der Waals surface area contributed by atoms with Crippen LogP contribution < -0.4 is 11.1 Å². The fraction of sp³-hybridized carbons (Fsp3) is 0.182. The van der Waals surface area contributed by atoms with E-state index in [4.69, 9.17) is 5.73 Å². The van der Waals surface area contributed by atoms with Crippen LogP contribution in [0.3, 0.4) is 0 Å². The molecule has 0 radical (unpaired) electrons. The molecule has 0 atom stereocenters. The smallest absolute Gasteiger partial charge is 0.171 e. The number of carbonyl (C=O) groups excluding carboxylic acids is 1. The Kier molecular flexibility index (Phi) is 3.26. The molecule has 3 nitrogen and oxygen atoms in total. The van der Waals surface area contributed by atoms with Crippen molar-refractivity contribution in [1.82, 2.24) is 0 Å². The Hall–Kier alpha value is -1.33. The third-order valence-corrected chi connectivity index (χ3v) is 4.18. The van der Waals surface area contributed by atoms with Gasteiger partial charge in [-0.2, -0.15) is 0 Å². The normalized spacial score (nSPS) is 10.3. The van der Waals surface area contributed by atoms with Gasteiger partial charge in [0, 0.05) is 11.8 Å². The Balaban J connectivity index is 2.05. The molecule has 0 aliphatic heterocycles. The standard InChI is InChI=1S/C11H12N2OS2/c1-7(14)11-9(12)5-10(16-11)13-6-8-3-2-4-15-8/h2-5,13H,6,12H2,1H3. The summed E-state index contributed by atoms with van der Waals surface area (Å²) < 4.78 is 0. The van der Waals surface area contributed by atoms with Gasteiger partial charge >= 0.3 is 0 Å². The van der Waals surface area contributed by atoms with Gasteiger partial charge in [0.1, 0.15) is 0 Å². The maximum Gasteiger partial charge on any atom is 0.171 e. The molecule has 0 bridgehead atoms. The largest absolute Gasteiger partial charge is 0.397 e. The van der Waals surface area contributed by atoms with Crippen LogP contribution in [0.4, 0.5) is 10.7 Å². The molecule has 0 amide bonds. The lowest BCUT2D eigenvalue weighted by molar-refractivity contribution is 0.102. The number of nitrogen functional groups attached to an aromatic ring is 1. The third kappa shape index (κ3) is 2.43. The highest BCUT2D eigenvalue weighted by Gasteiger charge is 2.09. The predicted molar refractivity (Wildman–Crippen MR) is 70.4 cm³/mol. The number of rotatable bonds is 4. The summed E-state index contributed by atoms with van der Waals surface area (Å²) in [6, 6.07) is 5.90. The first-order valence-electron chi connectivity index (χ1n) is 4.83. The topological polar surface area (TPSA) is 55.1 Å². The van der Waals surface area contributed by atoms with Crippen LogP contribution in [0.5, 0.6) is 0 Å². The average Bonchev–Trinajstić information content (AvgIpc) is 2.83. The molecule has 0 aromatic carbocycles. The Labute approximate surface area is 102 Å². The number of hydrogen-bond acceptors (Lipinski definition) is 5. The predicted octanol–water partition coefficient (Wildman–Crippen LogP) is 3.21. The summed E-state index contributed by atoms with van der Waals surface area (Å²) in [5.41, 5.74) is 6.30. The molecular formula is C11H12N2OS2. The Bertz CT molecular complexity index is 488. The molecule has 2 heterocycles. The second kappa shape index (κ2) is 4.67. The third-order valence-electron chi connectivity index (χ3n) is 2.10. The quantitative estimate of drug-likeness (QED) is 0.822. The van der Waals surface area contributed by atoms with Crippen LogP contribution in [0, 0.1) is 0 Å². The minimum absolute atomic E-state index is 0.0201. The Morgan fingerprint density at radius 1 is 1.56 bits per heavy atom. The fourth-order valence-electron chi connectivity index (χ4n) is 1.35. The summed E-state index contributed by atoms with van der Waals surface area (Å²) >= 11 is 3.11. The van der Waals surface area contributed by atoms with Crippen LogP contribution in [-0.2, 0) is 6.54 Å². The molecule has 2 aromatic heterocycles. The maximum absolute atomic E-state index is 11.2. The molecule has 0 fully saturated rings. The molecular weight excluding hydrogens is 240 g/mol. The lowest BCUT2D eigenvalue weighted by atomic mass is 10.3. The first kappa shape index (κ1) is 11.2. The number of thiophene rings is 2. The Morgan fingerprint density at radius 2 is 2.38 bits per heavy atom. The molecule has 3 N–H and O–H groups in total. The Morgan fingerprint density at radius 3 is 2.94 bits per heavy atom. The molecule has 0 spiro atoms. The van der Waals surface area contributed by atoms with E-state index in [2.05, 4.69) is 11.4 Å². The van der Waals surface area contributed by atoms with Gasteiger partial charge in [0.2, 0.25) is 0 Å². The molecule has 0 saturated carbocycles. The number of nitrogens with two attached hydrogens (primary N) is 1. The highest BCUT2D eigenvalue weighted by molar-refractivity contribution is 7.18. The highest BCUT2D eigenvalue weighted by atomic mass is 32.1. The van der Waals surface area contributed by atoms with Crippen molar-refractivity contribution in [1.29, 1.82) is 0 Å². The summed E-state index contributed by atoms with van der Waals surface area (Å²) in [6.07, 6.45) is 0. The van der Waals surface area contributed by atoms with Crippen LogP contribution in [0.25, 0.3) is 0 Å². The van der Waals surface area contributed by atoms with Crippen molar-refractivity contribution >= 4 is 39.1 Å². The van der Waals surface area contributed by atoms with E-state index >= 15 is 0 Å². The van der Waals surface area contributed by atoms with Crippen LogP contribution >= 0.6 is 22.7 Å². The van der Waals surface area contributed by atoms with Gasteiger partial charge in [-0.3, -0.25) is 4.79 Å². The number of carbonyl (C=O) groups is 1. The van der Waals surface area contributed by atoms with E-state index in [1.165, 1.54) is 23.1 Å². The highest BCUT2D eigenvalue weighted by Crippen LogP contribution is 2.30. The molecule has 84 valence electrons. The zero-order valence-corrected chi connectivity index (χ0v) is 10.5. The zero-order valence-electron chi connectivity index (χ0n) is 8.82. The lowest BCUT2D eigenvalue weighted by Crippen LogP contribution is -1.94. The van der Waals surface area contributed by atoms with Gasteiger partial charge < -0.3 is 11.1 Å². The number of nitrogens with one attached hydrogen (secondary N) is 1.